The normalized spacial score (nSPS) is 26.5. The molecular weight excluding hydrogens is 283 g/mol. The summed E-state index contributed by atoms with van der Waals surface area (Å²) in [6.07, 6.45) is -3.42. The first-order valence-corrected chi connectivity index (χ1v) is 6.87. The summed E-state index contributed by atoms with van der Waals surface area (Å²) in [5, 5.41) is 0. The van der Waals surface area contributed by atoms with E-state index >= 15 is 0 Å². The lowest BCUT2D eigenvalue weighted by Gasteiger charge is -2.38. The number of ether oxygens (including phenoxy) is 2. The summed E-state index contributed by atoms with van der Waals surface area (Å²) in [5.41, 5.74) is 6.36. The third kappa shape index (κ3) is 3.43. The summed E-state index contributed by atoms with van der Waals surface area (Å²) in [7, 11) is 3.06. The Labute approximate surface area is 122 Å². The van der Waals surface area contributed by atoms with E-state index in [4.69, 9.17) is 15.2 Å². The van der Waals surface area contributed by atoms with Crippen molar-refractivity contribution in [2.45, 2.75) is 37.4 Å². The minimum atomic E-state index is -4.13. The topological polar surface area (TPSA) is 44.5 Å². The van der Waals surface area contributed by atoms with Gasteiger partial charge in [0.15, 0.2) is 0 Å². The van der Waals surface area contributed by atoms with Crippen molar-refractivity contribution in [3.8, 4) is 11.5 Å². The number of nitrogens with two attached hydrogens (primary N) is 1. The third-order valence-corrected chi connectivity index (χ3v) is 4.27. The molecule has 0 heterocycles. The van der Waals surface area contributed by atoms with Crippen LogP contribution in [0.25, 0.3) is 0 Å². The van der Waals surface area contributed by atoms with Crippen LogP contribution in [0.5, 0.6) is 11.5 Å². The Morgan fingerprint density at radius 1 is 1.05 bits per heavy atom. The van der Waals surface area contributed by atoms with Crippen LogP contribution in [0, 0.1) is 5.92 Å². The number of alkyl halides is 3. The number of hydrogen-bond donors (Lipinski definition) is 1. The van der Waals surface area contributed by atoms with Crippen molar-refractivity contribution in [3.63, 3.8) is 0 Å². The number of rotatable bonds is 3. The van der Waals surface area contributed by atoms with Crippen molar-refractivity contribution in [2.75, 3.05) is 14.2 Å². The first kappa shape index (κ1) is 15.9. The van der Waals surface area contributed by atoms with E-state index in [9.17, 15) is 13.2 Å². The number of benzene rings is 1. The molecule has 0 bridgehead atoms. The molecule has 1 aliphatic carbocycles. The highest BCUT2D eigenvalue weighted by atomic mass is 19.4. The number of halogens is 3. The van der Waals surface area contributed by atoms with Gasteiger partial charge in [-0.1, -0.05) is 0 Å². The van der Waals surface area contributed by atoms with Gasteiger partial charge in [0.05, 0.1) is 20.1 Å². The minimum absolute atomic E-state index is 0.0551. The van der Waals surface area contributed by atoms with Crippen molar-refractivity contribution in [1.29, 1.82) is 0 Å². The lowest BCUT2D eigenvalue weighted by atomic mass is 9.73. The Kier molecular flexibility index (Phi) is 4.37. The van der Waals surface area contributed by atoms with Gasteiger partial charge < -0.3 is 15.2 Å². The molecule has 0 aliphatic heterocycles. The van der Waals surface area contributed by atoms with Gasteiger partial charge in [-0.3, -0.25) is 0 Å². The molecular formula is C15H20F3NO2. The second-order valence-corrected chi connectivity index (χ2v) is 5.57. The molecule has 1 saturated carbocycles. The summed E-state index contributed by atoms with van der Waals surface area (Å²) < 4.78 is 48.6. The maximum Gasteiger partial charge on any atom is 0.391 e. The molecule has 21 heavy (non-hydrogen) atoms. The fourth-order valence-corrected chi connectivity index (χ4v) is 2.84. The Balaban J connectivity index is 2.22. The predicted molar refractivity (Wildman–Crippen MR) is 73.4 cm³/mol. The average molecular weight is 303 g/mol. The van der Waals surface area contributed by atoms with Crippen LogP contribution >= 0.6 is 0 Å². The van der Waals surface area contributed by atoms with Gasteiger partial charge in [-0.05, 0) is 43.4 Å². The van der Waals surface area contributed by atoms with Crippen LogP contribution in [0.2, 0.25) is 0 Å². The smallest absolute Gasteiger partial charge is 0.391 e. The fraction of sp³-hybridized carbons (Fsp3) is 0.600. The van der Waals surface area contributed by atoms with Gasteiger partial charge in [0.1, 0.15) is 11.5 Å². The predicted octanol–water partition coefficient (Wildman–Crippen LogP) is 3.61. The summed E-state index contributed by atoms with van der Waals surface area (Å²) in [6.45, 7) is 0. The van der Waals surface area contributed by atoms with E-state index in [1.165, 1.54) is 14.2 Å². The van der Waals surface area contributed by atoms with Crippen LogP contribution in [0.3, 0.4) is 0 Å². The molecule has 1 fully saturated rings. The van der Waals surface area contributed by atoms with E-state index in [1.807, 2.05) is 0 Å². The van der Waals surface area contributed by atoms with Crippen molar-refractivity contribution in [3.05, 3.63) is 23.8 Å². The van der Waals surface area contributed by atoms with Crippen LogP contribution in [-0.2, 0) is 5.54 Å². The maximum atomic E-state index is 12.8. The fourth-order valence-electron chi connectivity index (χ4n) is 2.84. The highest BCUT2D eigenvalue weighted by molar-refractivity contribution is 5.41. The Hall–Kier alpha value is -1.43. The van der Waals surface area contributed by atoms with Crippen molar-refractivity contribution >= 4 is 0 Å². The summed E-state index contributed by atoms with van der Waals surface area (Å²) in [5.74, 6) is -0.0686. The summed E-state index contributed by atoms with van der Waals surface area (Å²) in [4.78, 5) is 0. The Morgan fingerprint density at radius 2 is 1.52 bits per heavy atom. The molecule has 118 valence electrons. The van der Waals surface area contributed by atoms with E-state index in [1.54, 1.807) is 18.2 Å². The van der Waals surface area contributed by atoms with Crippen LogP contribution in [0.15, 0.2) is 18.2 Å². The number of hydrogen-bond acceptors (Lipinski definition) is 3. The zero-order valence-electron chi connectivity index (χ0n) is 12.2. The largest absolute Gasteiger partial charge is 0.497 e. The molecule has 0 amide bonds. The zero-order chi connectivity index (χ0) is 15.7. The monoisotopic (exact) mass is 303 g/mol. The van der Waals surface area contributed by atoms with Gasteiger partial charge in [-0.15, -0.1) is 0 Å². The second kappa shape index (κ2) is 5.75. The molecule has 0 aromatic heterocycles. The first-order chi connectivity index (χ1) is 9.78. The molecule has 6 heteroatoms. The zero-order valence-corrected chi connectivity index (χ0v) is 12.2. The van der Waals surface area contributed by atoms with Crippen LogP contribution in [-0.4, -0.2) is 20.4 Å². The molecule has 1 aromatic carbocycles. The molecule has 3 nitrogen and oxygen atoms in total. The maximum absolute atomic E-state index is 12.8. The minimum Gasteiger partial charge on any atom is -0.497 e. The molecule has 0 atom stereocenters. The second-order valence-electron chi connectivity index (χ2n) is 5.57. The summed E-state index contributed by atoms with van der Waals surface area (Å²) in [6, 6.07) is 5.26. The SMILES string of the molecule is COc1cc(OC)cc(C2(N)CCC(C(F)(F)F)CC2)c1. The highest BCUT2D eigenvalue weighted by Crippen LogP contribution is 2.45. The molecule has 2 N–H and O–H groups in total. The van der Waals surface area contributed by atoms with Gasteiger partial charge in [0.25, 0.3) is 0 Å². The van der Waals surface area contributed by atoms with E-state index in [0.717, 1.165) is 5.56 Å². The van der Waals surface area contributed by atoms with Crippen LogP contribution < -0.4 is 15.2 Å². The lowest BCUT2D eigenvalue weighted by molar-refractivity contribution is -0.184. The van der Waals surface area contributed by atoms with Gasteiger partial charge in [-0.25, -0.2) is 0 Å². The standard InChI is InChI=1S/C15H20F3NO2/c1-20-12-7-11(8-13(9-12)21-2)14(19)5-3-10(4-6-14)15(16,17)18/h7-10H,3-6,19H2,1-2H3. The quantitative estimate of drug-likeness (QED) is 0.927. The van der Waals surface area contributed by atoms with Crippen molar-refractivity contribution in [2.24, 2.45) is 11.7 Å². The molecule has 2 rings (SSSR count). The average Bonchev–Trinajstić information content (AvgIpc) is 2.46. The molecule has 1 aliphatic rings. The van der Waals surface area contributed by atoms with E-state index in [-0.39, 0.29) is 12.8 Å². The van der Waals surface area contributed by atoms with Gasteiger partial charge >= 0.3 is 6.18 Å². The van der Waals surface area contributed by atoms with E-state index < -0.39 is 17.6 Å². The Morgan fingerprint density at radius 3 is 1.90 bits per heavy atom. The van der Waals surface area contributed by atoms with Crippen molar-refractivity contribution in [1.82, 2.24) is 0 Å². The molecule has 1 aromatic rings. The van der Waals surface area contributed by atoms with Gasteiger partial charge in [-0.2, -0.15) is 13.2 Å². The van der Waals surface area contributed by atoms with Gasteiger partial charge in [0, 0.05) is 11.6 Å². The Bertz CT molecular complexity index is 472. The third-order valence-electron chi connectivity index (χ3n) is 4.27. The van der Waals surface area contributed by atoms with Crippen molar-refractivity contribution < 1.29 is 22.6 Å². The number of methoxy groups -OCH3 is 2. The molecule has 0 radical (unpaired) electrons. The van der Waals surface area contributed by atoms with Gasteiger partial charge in [0.2, 0.25) is 0 Å². The first-order valence-electron chi connectivity index (χ1n) is 6.87. The summed E-state index contributed by atoms with van der Waals surface area (Å²) >= 11 is 0. The lowest BCUT2D eigenvalue weighted by Crippen LogP contribution is -2.43. The van der Waals surface area contributed by atoms with E-state index in [2.05, 4.69) is 0 Å². The highest BCUT2D eigenvalue weighted by Gasteiger charge is 2.45. The molecule has 0 saturated heterocycles. The van der Waals surface area contributed by atoms with E-state index in [0.29, 0.717) is 24.3 Å². The van der Waals surface area contributed by atoms with Crippen LogP contribution in [0.4, 0.5) is 13.2 Å². The molecule has 0 unspecified atom stereocenters. The molecule has 0 spiro atoms. The van der Waals surface area contributed by atoms with Crippen LogP contribution in [0.1, 0.15) is 31.2 Å².